The van der Waals surface area contributed by atoms with Crippen molar-refractivity contribution in [3.63, 3.8) is 0 Å². The van der Waals surface area contributed by atoms with E-state index in [1.54, 1.807) is 30.9 Å². The van der Waals surface area contributed by atoms with Crippen LogP contribution in [-0.2, 0) is 14.3 Å². The molecule has 0 radical (unpaired) electrons. The number of piperidine rings is 1. The van der Waals surface area contributed by atoms with Crippen LogP contribution in [0.25, 0.3) is 0 Å². The Morgan fingerprint density at radius 1 is 1.11 bits per heavy atom. The molecule has 5 heteroatoms. The van der Waals surface area contributed by atoms with Crippen LogP contribution in [0.5, 0.6) is 0 Å². The van der Waals surface area contributed by atoms with E-state index in [0.717, 1.165) is 24.8 Å². The predicted molar refractivity (Wildman–Crippen MR) is 102 cm³/mol. The summed E-state index contributed by atoms with van der Waals surface area (Å²) in [6.07, 6.45) is 3.02. The molecule has 5 nitrogen and oxygen atoms in total. The van der Waals surface area contributed by atoms with E-state index in [-0.39, 0.29) is 11.7 Å². The topological polar surface area (TPSA) is 63.7 Å². The van der Waals surface area contributed by atoms with Gasteiger partial charge in [-0.2, -0.15) is 0 Å². The summed E-state index contributed by atoms with van der Waals surface area (Å²) in [5.41, 5.74) is 0.831. The maximum Gasteiger partial charge on any atom is 0.319 e. The van der Waals surface area contributed by atoms with E-state index in [1.165, 1.54) is 0 Å². The van der Waals surface area contributed by atoms with Crippen molar-refractivity contribution in [3.05, 3.63) is 35.4 Å². The lowest BCUT2D eigenvalue weighted by atomic mass is 9.72. The minimum absolute atomic E-state index is 0.0529. The van der Waals surface area contributed by atoms with Crippen LogP contribution in [0.3, 0.4) is 0 Å². The summed E-state index contributed by atoms with van der Waals surface area (Å²) in [5.74, 6) is -2.60. The molecule has 0 unspecified atom stereocenters. The lowest BCUT2D eigenvalue weighted by Crippen LogP contribution is -2.47. The second-order valence-electron chi connectivity index (χ2n) is 8.43. The smallest absolute Gasteiger partial charge is 0.319 e. The van der Waals surface area contributed by atoms with E-state index in [2.05, 4.69) is 0 Å². The normalized spacial score (nSPS) is 25.8. The molecule has 2 fully saturated rings. The van der Waals surface area contributed by atoms with Crippen LogP contribution in [0.1, 0.15) is 56.0 Å². The number of benzene rings is 1. The fourth-order valence-electron chi connectivity index (χ4n) is 4.54. The fraction of sp³-hybridized carbons (Fsp3) is 0.591. The highest BCUT2D eigenvalue weighted by molar-refractivity contribution is 6.03. The summed E-state index contributed by atoms with van der Waals surface area (Å²) < 4.78 is 5.57. The molecular formula is C22H29NO4. The van der Waals surface area contributed by atoms with Crippen molar-refractivity contribution in [2.45, 2.75) is 52.6 Å². The van der Waals surface area contributed by atoms with Crippen LogP contribution in [0.15, 0.2) is 24.3 Å². The number of hydrogen-bond acceptors (Lipinski definition) is 4. The van der Waals surface area contributed by atoms with Gasteiger partial charge in [-0.05, 0) is 40.0 Å². The summed E-state index contributed by atoms with van der Waals surface area (Å²) >= 11 is 0. The van der Waals surface area contributed by atoms with Crippen LogP contribution in [0.4, 0.5) is 0 Å². The number of amides is 1. The Labute approximate surface area is 161 Å². The van der Waals surface area contributed by atoms with Gasteiger partial charge in [0.15, 0.2) is 5.78 Å². The number of likely N-dealkylation sites (tertiary alicyclic amines) is 1. The molecule has 2 aliphatic rings. The maximum absolute atomic E-state index is 13.1. The molecule has 146 valence electrons. The maximum atomic E-state index is 13.1. The number of aryl methyl sites for hydroxylation is 1. The highest BCUT2D eigenvalue weighted by Crippen LogP contribution is 2.44. The zero-order valence-corrected chi connectivity index (χ0v) is 16.7. The third-order valence-corrected chi connectivity index (χ3v) is 6.00. The molecular weight excluding hydrogens is 342 g/mol. The van der Waals surface area contributed by atoms with Crippen LogP contribution < -0.4 is 0 Å². The van der Waals surface area contributed by atoms with Crippen LogP contribution >= 0.6 is 0 Å². The van der Waals surface area contributed by atoms with Crippen molar-refractivity contribution >= 4 is 17.7 Å². The Kier molecular flexibility index (Phi) is 5.41. The zero-order chi connectivity index (χ0) is 19.8. The number of carbonyl (C=O) groups excluding carboxylic acids is 3. The molecule has 0 aromatic heterocycles. The number of hydrogen-bond donors (Lipinski definition) is 0. The Bertz CT molecular complexity index is 731. The molecule has 1 amide bonds. The summed E-state index contributed by atoms with van der Waals surface area (Å²) in [6.45, 7) is 8.74. The van der Waals surface area contributed by atoms with Gasteiger partial charge < -0.3 is 9.64 Å². The standard InChI is InChI=1S/C22H29NO4/c1-14-8-10-16(11-9-14)19(24)15(2)18-17(21(26)27-22(18,3)4)20(25)23-12-6-5-7-13-23/h8-11,15,17-18H,5-7,12-13H2,1-4H3/t15-,17+,18+/m0/s1. The van der Waals surface area contributed by atoms with E-state index in [0.29, 0.717) is 18.7 Å². The van der Waals surface area contributed by atoms with Crippen LogP contribution in [-0.4, -0.2) is 41.3 Å². The SMILES string of the molecule is Cc1ccc(C(=O)[C@@H](C)[C@@H]2[C@H](C(=O)N3CCCCC3)C(=O)OC2(C)C)cc1. The molecule has 3 atom stereocenters. The lowest BCUT2D eigenvalue weighted by Gasteiger charge is -2.34. The predicted octanol–water partition coefficient (Wildman–Crippen LogP) is 3.39. The number of ether oxygens (including phenoxy) is 1. The first-order chi connectivity index (χ1) is 12.7. The fourth-order valence-corrected chi connectivity index (χ4v) is 4.54. The van der Waals surface area contributed by atoms with Gasteiger partial charge in [0.2, 0.25) is 5.91 Å². The molecule has 0 N–H and O–H groups in total. The van der Waals surface area contributed by atoms with Gasteiger partial charge in [-0.25, -0.2) is 0 Å². The second-order valence-corrected chi connectivity index (χ2v) is 8.43. The van der Waals surface area contributed by atoms with Crippen molar-refractivity contribution in [2.24, 2.45) is 17.8 Å². The van der Waals surface area contributed by atoms with Crippen LogP contribution in [0.2, 0.25) is 0 Å². The Morgan fingerprint density at radius 3 is 2.30 bits per heavy atom. The largest absolute Gasteiger partial charge is 0.459 e. The van der Waals surface area contributed by atoms with E-state index in [9.17, 15) is 14.4 Å². The molecule has 1 aromatic carbocycles. The Hall–Kier alpha value is -2.17. The highest BCUT2D eigenvalue weighted by Gasteiger charge is 2.57. The number of carbonyl (C=O) groups is 3. The van der Waals surface area contributed by atoms with Gasteiger partial charge in [-0.15, -0.1) is 0 Å². The molecule has 2 aliphatic heterocycles. The second kappa shape index (κ2) is 7.45. The molecule has 2 heterocycles. The van der Waals surface area contributed by atoms with Crippen molar-refractivity contribution in [1.29, 1.82) is 0 Å². The lowest BCUT2D eigenvalue weighted by molar-refractivity contribution is -0.153. The van der Waals surface area contributed by atoms with Gasteiger partial charge in [-0.1, -0.05) is 36.8 Å². The third-order valence-electron chi connectivity index (χ3n) is 6.00. The van der Waals surface area contributed by atoms with Crippen molar-refractivity contribution < 1.29 is 19.1 Å². The number of cyclic esters (lactones) is 1. The number of ketones is 1. The summed E-state index contributed by atoms with van der Waals surface area (Å²) in [6, 6.07) is 7.41. The summed E-state index contributed by atoms with van der Waals surface area (Å²) in [5, 5.41) is 0. The van der Waals surface area contributed by atoms with Gasteiger partial charge in [0.25, 0.3) is 0 Å². The molecule has 0 spiro atoms. The summed E-state index contributed by atoms with van der Waals surface area (Å²) in [7, 11) is 0. The number of esters is 1. The van der Waals surface area contributed by atoms with Gasteiger partial charge >= 0.3 is 5.97 Å². The number of nitrogens with zero attached hydrogens (tertiary/aromatic N) is 1. The quantitative estimate of drug-likeness (QED) is 0.462. The van der Waals surface area contributed by atoms with Gasteiger partial charge in [0, 0.05) is 30.5 Å². The average molecular weight is 371 g/mol. The van der Waals surface area contributed by atoms with Gasteiger partial charge in [0.05, 0.1) is 0 Å². The zero-order valence-electron chi connectivity index (χ0n) is 16.7. The Morgan fingerprint density at radius 2 is 1.70 bits per heavy atom. The molecule has 0 bridgehead atoms. The van der Waals surface area contributed by atoms with Gasteiger partial charge in [-0.3, -0.25) is 14.4 Å². The molecule has 1 aromatic rings. The number of rotatable bonds is 4. The molecule has 0 saturated carbocycles. The van der Waals surface area contributed by atoms with Crippen molar-refractivity contribution in [1.82, 2.24) is 4.90 Å². The minimum Gasteiger partial charge on any atom is -0.459 e. The molecule has 0 aliphatic carbocycles. The molecule has 27 heavy (non-hydrogen) atoms. The first kappa shape index (κ1) is 19.6. The molecule has 3 rings (SSSR count). The number of Topliss-reactive ketones (excluding diaryl/α,β-unsaturated/α-hetero) is 1. The van der Waals surface area contributed by atoms with E-state index in [4.69, 9.17) is 4.74 Å². The minimum atomic E-state index is -0.900. The summed E-state index contributed by atoms with van der Waals surface area (Å²) in [4.78, 5) is 40.6. The third kappa shape index (κ3) is 3.78. The first-order valence-electron chi connectivity index (χ1n) is 9.85. The average Bonchev–Trinajstić information content (AvgIpc) is 2.89. The van der Waals surface area contributed by atoms with Gasteiger partial charge in [0.1, 0.15) is 11.5 Å². The van der Waals surface area contributed by atoms with E-state index < -0.39 is 29.3 Å². The van der Waals surface area contributed by atoms with E-state index in [1.807, 2.05) is 26.0 Å². The highest BCUT2D eigenvalue weighted by atomic mass is 16.6. The van der Waals surface area contributed by atoms with E-state index >= 15 is 0 Å². The van der Waals surface area contributed by atoms with Crippen molar-refractivity contribution in [2.75, 3.05) is 13.1 Å². The van der Waals surface area contributed by atoms with Crippen LogP contribution in [0, 0.1) is 24.7 Å². The Balaban J connectivity index is 1.88. The monoisotopic (exact) mass is 371 g/mol. The first-order valence-corrected chi connectivity index (χ1v) is 9.85. The molecule has 2 saturated heterocycles. The van der Waals surface area contributed by atoms with Crippen molar-refractivity contribution in [3.8, 4) is 0 Å².